The van der Waals surface area contributed by atoms with Crippen molar-refractivity contribution in [1.82, 2.24) is 0 Å². The molecule has 0 saturated carbocycles. The zero-order valence-corrected chi connectivity index (χ0v) is 12.3. The maximum Gasteiger partial charge on any atom is 0.392 e. The molecule has 0 aliphatic heterocycles. The molecular formula is C12H19F2NO4S. The summed E-state index contributed by atoms with van der Waals surface area (Å²) < 4.78 is 49.8. The Morgan fingerprint density at radius 1 is 1.25 bits per heavy atom. The molecule has 5 nitrogen and oxygen atoms in total. The lowest BCUT2D eigenvalue weighted by Crippen LogP contribution is -2.31. The van der Waals surface area contributed by atoms with Crippen LogP contribution in [-0.2, 0) is 15.7 Å². The fraction of sp³-hybridized carbons (Fsp3) is 0.500. The molecule has 0 aromatic heterocycles. The van der Waals surface area contributed by atoms with Crippen LogP contribution in [0.25, 0.3) is 0 Å². The molecule has 0 spiro atoms. The van der Waals surface area contributed by atoms with Crippen LogP contribution < -0.4 is 5.73 Å². The van der Waals surface area contributed by atoms with Crippen LogP contribution in [0.3, 0.4) is 0 Å². The van der Waals surface area contributed by atoms with Gasteiger partial charge in [-0.1, -0.05) is 24.3 Å². The summed E-state index contributed by atoms with van der Waals surface area (Å²) in [6.45, 7) is 4.22. The number of rotatable bonds is 3. The van der Waals surface area contributed by atoms with Crippen molar-refractivity contribution >= 4 is 10.1 Å². The quantitative estimate of drug-likeness (QED) is 0.737. The second-order valence-electron chi connectivity index (χ2n) is 4.81. The van der Waals surface area contributed by atoms with Crippen LogP contribution in [0.5, 0.6) is 0 Å². The van der Waals surface area contributed by atoms with Gasteiger partial charge in [-0.05, 0) is 31.9 Å². The highest BCUT2D eigenvalue weighted by molar-refractivity contribution is 7.86. The molecule has 1 rings (SSSR count). The first-order chi connectivity index (χ1) is 8.83. The Labute approximate surface area is 117 Å². The molecular weight excluding hydrogens is 292 g/mol. The van der Waals surface area contributed by atoms with E-state index in [0.717, 1.165) is 0 Å². The summed E-state index contributed by atoms with van der Waals surface area (Å²) in [4.78, 5) is 0. The SMILES string of the molecule is Cc1ccccc1C(C)(C)N.O=S(=O)(O)C(F)(F)CO. The number of aliphatic hydroxyl groups excluding tert-OH is 1. The Morgan fingerprint density at radius 2 is 1.70 bits per heavy atom. The Hall–Kier alpha value is -1.09. The number of hydrogen-bond donors (Lipinski definition) is 3. The monoisotopic (exact) mass is 311 g/mol. The Kier molecular flexibility index (Phi) is 6.22. The minimum atomic E-state index is -5.44. The van der Waals surface area contributed by atoms with Crippen molar-refractivity contribution in [3.8, 4) is 0 Å². The van der Waals surface area contributed by atoms with Gasteiger partial charge in [-0.3, -0.25) is 4.55 Å². The van der Waals surface area contributed by atoms with Gasteiger partial charge in [0.1, 0.15) is 6.61 Å². The number of benzene rings is 1. The van der Waals surface area contributed by atoms with E-state index in [2.05, 4.69) is 19.1 Å². The van der Waals surface area contributed by atoms with Gasteiger partial charge in [0.2, 0.25) is 0 Å². The van der Waals surface area contributed by atoms with Gasteiger partial charge in [0, 0.05) is 5.54 Å². The third-order valence-corrected chi connectivity index (χ3v) is 3.28. The van der Waals surface area contributed by atoms with Crippen molar-refractivity contribution in [3.05, 3.63) is 35.4 Å². The molecule has 4 N–H and O–H groups in total. The van der Waals surface area contributed by atoms with Crippen molar-refractivity contribution in [2.75, 3.05) is 6.61 Å². The van der Waals surface area contributed by atoms with Crippen LogP contribution in [0.4, 0.5) is 8.78 Å². The van der Waals surface area contributed by atoms with Crippen LogP contribution in [0, 0.1) is 6.92 Å². The van der Waals surface area contributed by atoms with Gasteiger partial charge in [-0.15, -0.1) is 0 Å². The third kappa shape index (κ3) is 5.49. The van der Waals surface area contributed by atoms with Gasteiger partial charge in [0.05, 0.1) is 0 Å². The average Bonchev–Trinajstić information content (AvgIpc) is 2.27. The highest BCUT2D eigenvalue weighted by Gasteiger charge is 2.43. The van der Waals surface area contributed by atoms with Gasteiger partial charge >= 0.3 is 15.4 Å². The Bertz CT molecular complexity index is 539. The summed E-state index contributed by atoms with van der Waals surface area (Å²) in [6.07, 6.45) is 0. The smallest absolute Gasteiger partial charge is 0.389 e. The molecule has 0 aliphatic carbocycles. The lowest BCUT2D eigenvalue weighted by molar-refractivity contribution is 0.0187. The van der Waals surface area contributed by atoms with E-state index >= 15 is 0 Å². The molecule has 8 heteroatoms. The molecule has 0 radical (unpaired) electrons. The van der Waals surface area contributed by atoms with E-state index in [1.54, 1.807) is 0 Å². The Morgan fingerprint density at radius 3 is 1.90 bits per heavy atom. The van der Waals surface area contributed by atoms with Gasteiger partial charge in [-0.25, -0.2) is 0 Å². The first kappa shape index (κ1) is 18.9. The molecule has 0 atom stereocenters. The van der Waals surface area contributed by atoms with Crippen molar-refractivity contribution in [2.24, 2.45) is 5.73 Å². The largest absolute Gasteiger partial charge is 0.392 e. The molecule has 0 fully saturated rings. The van der Waals surface area contributed by atoms with E-state index in [9.17, 15) is 17.2 Å². The molecule has 0 saturated heterocycles. The summed E-state index contributed by atoms with van der Waals surface area (Å²) in [6, 6.07) is 8.22. The van der Waals surface area contributed by atoms with Gasteiger partial charge in [0.25, 0.3) is 0 Å². The normalized spacial score (nSPS) is 12.6. The number of halogens is 2. The fourth-order valence-electron chi connectivity index (χ4n) is 1.38. The first-order valence-corrected chi connectivity index (χ1v) is 7.07. The van der Waals surface area contributed by atoms with Crippen molar-refractivity contribution in [2.45, 2.75) is 31.6 Å². The number of alkyl halides is 2. The number of hydrogen-bond acceptors (Lipinski definition) is 4. The zero-order valence-electron chi connectivity index (χ0n) is 11.5. The van der Waals surface area contributed by atoms with Gasteiger partial charge in [-0.2, -0.15) is 17.2 Å². The topological polar surface area (TPSA) is 101 Å². The van der Waals surface area contributed by atoms with E-state index < -0.39 is 22.0 Å². The molecule has 0 bridgehead atoms. The van der Waals surface area contributed by atoms with Crippen LogP contribution in [0.2, 0.25) is 0 Å². The van der Waals surface area contributed by atoms with E-state index in [1.165, 1.54) is 11.1 Å². The Balaban J connectivity index is 0.000000370. The molecule has 20 heavy (non-hydrogen) atoms. The average molecular weight is 311 g/mol. The third-order valence-electron chi connectivity index (χ3n) is 2.40. The van der Waals surface area contributed by atoms with Crippen LogP contribution in [-0.4, -0.2) is 29.9 Å². The number of nitrogens with two attached hydrogens (primary N) is 1. The van der Waals surface area contributed by atoms with Crippen LogP contribution >= 0.6 is 0 Å². The summed E-state index contributed by atoms with van der Waals surface area (Å²) in [7, 11) is -5.44. The minimum absolute atomic E-state index is 0.217. The maximum absolute atomic E-state index is 11.6. The predicted molar refractivity (Wildman–Crippen MR) is 72.0 cm³/mol. The fourth-order valence-corrected chi connectivity index (χ4v) is 1.54. The van der Waals surface area contributed by atoms with Crippen molar-refractivity contribution in [3.63, 3.8) is 0 Å². The maximum atomic E-state index is 11.6. The second-order valence-corrected chi connectivity index (χ2v) is 6.35. The van der Waals surface area contributed by atoms with E-state index in [4.69, 9.17) is 15.4 Å². The molecule has 0 amide bonds. The van der Waals surface area contributed by atoms with Crippen molar-refractivity contribution in [1.29, 1.82) is 0 Å². The van der Waals surface area contributed by atoms with Crippen LogP contribution in [0.15, 0.2) is 24.3 Å². The molecule has 1 aromatic carbocycles. The van der Waals surface area contributed by atoms with E-state index in [0.29, 0.717) is 0 Å². The lowest BCUT2D eigenvalue weighted by atomic mass is 9.92. The summed E-state index contributed by atoms with van der Waals surface area (Å²) >= 11 is 0. The molecule has 0 aliphatic rings. The number of aliphatic hydroxyl groups is 1. The highest BCUT2D eigenvalue weighted by Crippen LogP contribution is 2.20. The summed E-state index contributed by atoms with van der Waals surface area (Å²) in [5, 5.41) is 3.20. The zero-order chi connectivity index (χ0) is 16.2. The molecule has 116 valence electrons. The summed E-state index contributed by atoms with van der Waals surface area (Å²) in [5.74, 6) is 0. The van der Waals surface area contributed by atoms with E-state index in [-0.39, 0.29) is 5.54 Å². The predicted octanol–water partition coefficient (Wildman–Crippen LogP) is 1.65. The van der Waals surface area contributed by atoms with Gasteiger partial charge in [0.15, 0.2) is 0 Å². The molecule has 0 unspecified atom stereocenters. The molecule has 1 aromatic rings. The van der Waals surface area contributed by atoms with E-state index in [1.807, 2.05) is 26.0 Å². The van der Waals surface area contributed by atoms with Crippen LogP contribution in [0.1, 0.15) is 25.0 Å². The first-order valence-electron chi connectivity index (χ1n) is 5.63. The number of aryl methyl sites for hydroxylation is 1. The highest BCUT2D eigenvalue weighted by atomic mass is 32.2. The summed E-state index contributed by atoms with van der Waals surface area (Å²) in [5.41, 5.74) is 8.23. The second kappa shape index (κ2) is 6.57. The minimum Gasteiger partial charge on any atom is -0.389 e. The standard InChI is InChI=1S/C10H15N.C2H4F2O4S/c1-8-6-4-5-7-9(8)10(2,3)11;3-2(4,1-5)9(6,7)8/h4-7H,11H2,1-3H3;5H,1H2,(H,6,7,8). The molecule has 0 heterocycles. The van der Waals surface area contributed by atoms with Gasteiger partial charge < -0.3 is 10.8 Å². The lowest BCUT2D eigenvalue weighted by Gasteiger charge is -2.21. The van der Waals surface area contributed by atoms with Crippen molar-refractivity contribution < 1.29 is 26.9 Å².